The zero-order valence-electron chi connectivity index (χ0n) is 14.2. The van der Waals surface area contributed by atoms with Gasteiger partial charge in [0.1, 0.15) is 5.75 Å². The van der Waals surface area contributed by atoms with Crippen molar-refractivity contribution in [3.63, 3.8) is 0 Å². The Morgan fingerprint density at radius 1 is 1.00 bits per heavy atom. The second-order valence-electron chi connectivity index (χ2n) is 5.53. The first kappa shape index (κ1) is 19.5. The molecule has 2 rings (SSSR count). The Hall–Kier alpha value is -0.870. The van der Waals surface area contributed by atoms with Crippen LogP contribution in [0, 0.1) is 5.92 Å². The van der Waals surface area contributed by atoms with Gasteiger partial charge < -0.3 is 4.52 Å². The molecular formula is C18H23O3PS2. The Labute approximate surface area is 152 Å². The van der Waals surface area contributed by atoms with Gasteiger partial charge in [-0.1, -0.05) is 43.8 Å². The van der Waals surface area contributed by atoms with E-state index in [-0.39, 0.29) is 0 Å². The standard InChI is InChI=1S/C18H23O3PS2/c1-4-20-22(19,23-14-15(2)3)21-16-10-12-18(13-11-16)24-17-8-6-5-7-9-17/h5-13,15H,4,14H2,1-3H3. The quantitative estimate of drug-likeness (QED) is 0.448. The molecule has 24 heavy (non-hydrogen) atoms. The van der Waals surface area contributed by atoms with Gasteiger partial charge in [0.25, 0.3) is 0 Å². The van der Waals surface area contributed by atoms with Crippen LogP contribution in [0.2, 0.25) is 0 Å². The molecule has 0 fully saturated rings. The first-order valence-corrected chi connectivity index (χ1v) is 11.9. The van der Waals surface area contributed by atoms with Crippen molar-refractivity contribution in [3.8, 4) is 5.75 Å². The van der Waals surface area contributed by atoms with Crippen LogP contribution in [0.3, 0.4) is 0 Å². The van der Waals surface area contributed by atoms with E-state index < -0.39 is 6.80 Å². The molecule has 130 valence electrons. The molecule has 0 bridgehead atoms. The summed E-state index contributed by atoms with van der Waals surface area (Å²) in [6.07, 6.45) is 0. The number of rotatable bonds is 9. The van der Waals surface area contributed by atoms with Gasteiger partial charge in [0.2, 0.25) is 0 Å². The summed E-state index contributed by atoms with van der Waals surface area (Å²) in [7, 11) is 0. The van der Waals surface area contributed by atoms with Crippen molar-refractivity contribution in [2.75, 3.05) is 12.4 Å². The fourth-order valence-corrected chi connectivity index (χ4v) is 6.40. The van der Waals surface area contributed by atoms with Gasteiger partial charge in [-0.15, -0.1) is 0 Å². The molecule has 3 nitrogen and oxygen atoms in total. The lowest BCUT2D eigenvalue weighted by atomic mass is 10.3. The third-order valence-corrected chi connectivity index (χ3v) is 7.97. The van der Waals surface area contributed by atoms with E-state index in [9.17, 15) is 4.57 Å². The van der Waals surface area contributed by atoms with Crippen molar-refractivity contribution in [2.24, 2.45) is 5.92 Å². The predicted octanol–water partition coefficient (Wildman–Crippen LogP) is 6.75. The second-order valence-corrected chi connectivity index (χ2v) is 10.7. The topological polar surface area (TPSA) is 35.5 Å². The Bertz CT molecular complexity index is 660. The van der Waals surface area contributed by atoms with Gasteiger partial charge in [-0.3, -0.25) is 4.52 Å². The summed E-state index contributed by atoms with van der Waals surface area (Å²) in [5.74, 6) is 1.73. The molecule has 0 aliphatic rings. The number of hydrogen-bond acceptors (Lipinski definition) is 5. The molecule has 0 amide bonds. The third-order valence-electron chi connectivity index (χ3n) is 2.87. The Morgan fingerprint density at radius 3 is 2.21 bits per heavy atom. The van der Waals surface area contributed by atoms with E-state index in [4.69, 9.17) is 9.05 Å². The van der Waals surface area contributed by atoms with Gasteiger partial charge >= 0.3 is 6.80 Å². The van der Waals surface area contributed by atoms with Crippen LogP contribution in [0.15, 0.2) is 64.4 Å². The molecule has 1 unspecified atom stereocenters. The monoisotopic (exact) mass is 382 g/mol. The fourth-order valence-electron chi connectivity index (χ4n) is 1.81. The summed E-state index contributed by atoms with van der Waals surface area (Å²) >= 11 is 2.94. The molecule has 0 saturated carbocycles. The van der Waals surface area contributed by atoms with Crippen LogP contribution < -0.4 is 4.52 Å². The first-order chi connectivity index (χ1) is 11.5. The third kappa shape index (κ3) is 6.56. The molecule has 0 aliphatic heterocycles. The van der Waals surface area contributed by atoms with Gasteiger partial charge in [0.05, 0.1) is 6.61 Å². The van der Waals surface area contributed by atoms with Gasteiger partial charge in [-0.25, -0.2) is 4.57 Å². The first-order valence-electron chi connectivity index (χ1n) is 7.92. The highest BCUT2D eigenvalue weighted by Crippen LogP contribution is 2.60. The van der Waals surface area contributed by atoms with Crippen LogP contribution in [0.1, 0.15) is 20.8 Å². The molecule has 0 saturated heterocycles. The van der Waals surface area contributed by atoms with Crippen molar-refractivity contribution in [1.29, 1.82) is 0 Å². The maximum atomic E-state index is 12.8. The van der Waals surface area contributed by atoms with Crippen LogP contribution >= 0.6 is 29.9 Å². The average molecular weight is 382 g/mol. The van der Waals surface area contributed by atoms with E-state index in [2.05, 4.69) is 26.0 Å². The van der Waals surface area contributed by atoms with Crippen LogP contribution in [0.5, 0.6) is 5.75 Å². The van der Waals surface area contributed by atoms with Gasteiger partial charge in [0, 0.05) is 15.5 Å². The highest BCUT2D eigenvalue weighted by molar-refractivity contribution is 8.55. The molecule has 2 aromatic rings. The minimum atomic E-state index is -3.17. The Morgan fingerprint density at radius 2 is 1.62 bits per heavy atom. The molecule has 0 aliphatic carbocycles. The van der Waals surface area contributed by atoms with E-state index in [0.29, 0.717) is 18.3 Å². The number of hydrogen-bond donors (Lipinski definition) is 0. The van der Waals surface area contributed by atoms with Gasteiger partial charge in [-0.2, -0.15) is 0 Å². The Kier molecular flexibility index (Phi) is 7.76. The summed E-state index contributed by atoms with van der Waals surface area (Å²) in [6, 6.07) is 17.8. The van der Waals surface area contributed by atoms with Crippen LogP contribution in [0.4, 0.5) is 0 Å². The molecule has 0 heterocycles. The van der Waals surface area contributed by atoms with Crippen molar-refractivity contribution in [2.45, 2.75) is 30.6 Å². The van der Waals surface area contributed by atoms with Crippen molar-refractivity contribution in [1.82, 2.24) is 0 Å². The maximum absolute atomic E-state index is 12.8. The largest absolute Gasteiger partial charge is 0.440 e. The summed E-state index contributed by atoms with van der Waals surface area (Å²) in [4.78, 5) is 2.29. The molecule has 0 N–H and O–H groups in total. The molecule has 0 spiro atoms. The molecule has 6 heteroatoms. The fraction of sp³-hybridized carbons (Fsp3) is 0.333. The molecule has 2 aromatic carbocycles. The zero-order chi connectivity index (χ0) is 17.4. The Balaban J connectivity index is 2.02. The zero-order valence-corrected chi connectivity index (χ0v) is 16.7. The van der Waals surface area contributed by atoms with E-state index in [1.54, 1.807) is 11.8 Å². The summed E-state index contributed by atoms with van der Waals surface area (Å²) in [6.45, 7) is 3.19. The van der Waals surface area contributed by atoms with Gasteiger partial charge in [-0.05, 0) is 60.6 Å². The molecule has 1 atom stereocenters. The molecule has 0 aromatic heterocycles. The lowest BCUT2D eigenvalue weighted by Gasteiger charge is -2.18. The van der Waals surface area contributed by atoms with E-state index >= 15 is 0 Å². The highest BCUT2D eigenvalue weighted by Gasteiger charge is 2.27. The van der Waals surface area contributed by atoms with Gasteiger partial charge in [0.15, 0.2) is 0 Å². The number of benzene rings is 2. The minimum Gasteiger partial charge on any atom is -0.417 e. The van der Waals surface area contributed by atoms with E-state index in [1.807, 2.05) is 49.4 Å². The lowest BCUT2D eigenvalue weighted by molar-refractivity contribution is 0.296. The normalized spacial score (nSPS) is 13.7. The molecular weight excluding hydrogens is 359 g/mol. The van der Waals surface area contributed by atoms with Crippen molar-refractivity contribution >= 4 is 29.9 Å². The highest BCUT2D eigenvalue weighted by atomic mass is 32.7. The van der Waals surface area contributed by atoms with E-state index in [1.165, 1.54) is 16.3 Å². The maximum Gasteiger partial charge on any atom is 0.440 e. The molecule has 0 radical (unpaired) electrons. The van der Waals surface area contributed by atoms with E-state index in [0.717, 1.165) is 10.6 Å². The predicted molar refractivity (Wildman–Crippen MR) is 104 cm³/mol. The average Bonchev–Trinajstić information content (AvgIpc) is 2.56. The smallest absolute Gasteiger partial charge is 0.417 e. The van der Waals surface area contributed by atoms with Crippen LogP contribution in [0.25, 0.3) is 0 Å². The second kappa shape index (κ2) is 9.57. The minimum absolute atomic E-state index is 0.365. The van der Waals surface area contributed by atoms with Crippen LogP contribution in [-0.4, -0.2) is 12.4 Å². The SMILES string of the molecule is CCOP(=O)(Oc1ccc(Sc2ccccc2)cc1)SCC(C)C. The summed E-state index contributed by atoms with van der Waals surface area (Å²) in [5.41, 5.74) is 0. The summed E-state index contributed by atoms with van der Waals surface area (Å²) in [5, 5.41) is 0. The lowest BCUT2D eigenvalue weighted by Crippen LogP contribution is -1.99. The van der Waals surface area contributed by atoms with Crippen molar-refractivity contribution < 1.29 is 13.6 Å². The van der Waals surface area contributed by atoms with Crippen LogP contribution in [-0.2, 0) is 9.09 Å². The summed E-state index contributed by atoms with van der Waals surface area (Å²) < 4.78 is 23.9. The van der Waals surface area contributed by atoms with Crippen molar-refractivity contribution in [3.05, 3.63) is 54.6 Å².